The first-order valence-corrected chi connectivity index (χ1v) is 9.42. The van der Waals surface area contributed by atoms with Crippen LogP contribution in [0.15, 0.2) is 66.2 Å². The van der Waals surface area contributed by atoms with Crippen molar-refractivity contribution in [2.24, 2.45) is 0 Å². The molecule has 3 aromatic carbocycles. The van der Waals surface area contributed by atoms with Crippen LogP contribution >= 0.6 is 0 Å². The van der Waals surface area contributed by atoms with Gasteiger partial charge in [-0.2, -0.15) is 0 Å². The van der Waals surface area contributed by atoms with E-state index in [1.54, 1.807) is 19.3 Å². The summed E-state index contributed by atoms with van der Waals surface area (Å²) < 4.78 is 22.2. The lowest BCUT2D eigenvalue weighted by molar-refractivity contribution is 0.0963. The number of Topliss-reactive ketones (excluding diaryl/α,β-unsaturated/α-hetero) is 1. The van der Waals surface area contributed by atoms with E-state index in [-0.39, 0.29) is 18.3 Å². The SMILES string of the molecule is COc1ccc(C2Oc3ccc(O)cc3C(=O)/C2=C\c2ccc3c(c2)OCO3)cc1. The Hall–Kier alpha value is -3.93. The molecule has 0 saturated carbocycles. The molecule has 0 saturated heterocycles. The van der Waals surface area contributed by atoms with Crippen LogP contribution in [0.4, 0.5) is 0 Å². The molecular formula is C24H18O6. The van der Waals surface area contributed by atoms with Gasteiger partial charge in [0, 0.05) is 5.57 Å². The van der Waals surface area contributed by atoms with Crippen LogP contribution in [0.2, 0.25) is 0 Å². The molecule has 2 aliphatic heterocycles. The maximum absolute atomic E-state index is 13.4. The van der Waals surface area contributed by atoms with E-state index in [0.29, 0.717) is 34.1 Å². The topological polar surface area (TPSA) is 74.2 Å². The second-order valence-electron chi connectivity index (χ2n) is 6.99. The summed E-state index contributed by atoms with van der Waals surface area (Å²) in [4.78, 5) is 13.4. The summed E-state index contributed by atoms with van der Waals surface area (Å²) in [5.74, 6) is 2.26. The minimum absolute atomic E-state index is 0.0102. The van der Waals surface area contributed by atoms with Crippen molar-refractivity contribution in [2.75, 3.05) is 13.9 Å². The summed E-state index contributed by atoms with van der Waals surface area (Å²) >= 11 is 0. The second-order valence-corrected chi connectivity index (χ2v) is 6.99. The summed E-state index contributed by atoms with van der Waals surface area (Å²) in [5, 5.41) is 9.86. The van der Waals surface area contributed by atoms with Crippen LogP contribution in [0.3, 0.4) is 0 Å². The Morgan fingerprint density at radius 1 is 0.967 bits per heavy atom. The van der Waals surface area contributed by atoms with E-state index in [1.165, 1.54) is 12.1 Å². The third-order valence-electron chi connectivity index (χ3n) is 5.13. The average Bonchev–Trinajstić information content (AvgIpc) is 3.24. The lowest BCUT2D eigenvalue weighted by Gasteiger charge is -2.28. The van der Waals surface area contributed by atoms with Gasteiger partial charge in [-0.15, -0.1) is 0 Å². The minimum atomic E-state index is -0.606. The van der Waals surface area contributed by atoms with Crippen LogP contribution in [0, 0.1) is 0 Å². The van der Waals surface area contributed by atoms with Crippen molar-refractivity contribution in [2.45, 2.75) is 6.10 Å². The van der Waals surface area contributed by atoms with Gasteiger partial charge in [0.25, 0.3) is 0 Å². The van der Waals surface area contributed by atoms with Crippen molar-refractivity contribution >= 4 is 11.9 Å². The van der Waals surface area contributed by atoms with E-state index in [9.17, 15) is 9.90 Å². The number of carbonyl (C=O) groups is 1. The molecule has 6 heteroatoms. The number of methoxy groups -OCH3 is 1. The van der Waals surface area contributed by atoms with Crippen LogP contribution in [-0.4, -0.2) is 24.8 Å². The van der Waals surface area contributed by atoms with Gasteiger partial charge in [0.05, 0.1) is 12.7 Å². The zero-order valence-corrected chi connectivity index (χ0v) is 16.1. The Kier molecular flexibility index (Phi) is 4.32. The monoisotopic (exact) mass is 402 g/mol. The molecule has 0 aliphatic carbocycles. The van der Waals surface area contributed by atoms with E-state index < -0.39 is 6.10 Å². The maximum Gasteiger partial charge on any atom is 0.231 e. The zero-order valence-electron chi connectivity index (χ0n) is 16.1. The van der Waals surface area contributed by atoms with Gasteiger partial charge in [-0.05, 0) is 59.7 Å². The predicted octanol–water partition coefficient (Wildman–Crippen LogP) is 4.53. The van der Waals surface area contributed by atoms with Gasteiger partial charge in [0.15, 0.2) is 23.4 Å². The Morgan fingerprint density at radius 3 is 2.53 bits per heavy atom. The summed E-state index contributed by atoms with van der Waals surface area (Å²) in [6.07, 6.45) is 1.18. The second kappa shape index (κ2) is 7.15. The molecule has 2 aliphatic rings. The molecular weight excluding hydrogens is 384 g/mol. The highest BCUT2D eigenvalue weighted by Crippen LogP contribution is 2.41. The molecule has 3 aromatic rings. The number of carbonyl (C=O) groups excluding carboxylic acids is 1. The molecule has 1 N–H and O–H groups in total. The van der Waals surface area contributed by atoms with Crippen molar-refractivity contribution in [1.29, 1.82) is 0 Å². The number of aromatic hydroxyl groups is 1. The van der Waals surface area contributed by atoms with E-state index >= 15 is 0 Å². The quantitative estimate of drug-likeness (QED) is 0.649. The molecule has 0 bridgehead atoms. The normalized spacial score (nSPS) is 18.1. The third kappa shape index (κ3) is 3.12. The first-order valence-electron chi connectivity index (χ1n) is 9.42. The van der Waals surface area contributed by atoms with Gasteiger partial charge in [0.2, 0.25) is 6.79 Å². The molecule has 2 heterocycles. The zero-order chi connectivity index (χ0) is 20.7. The van der Waals surface area contributed by atoms with E-state index in [1.807, 2.05) is 42.5 Å². The standard InChI is InChI=1S/C24H18O6/c1-27-17-6-3-15(4-7-17)24-19(10-14-2-8-21-22(11-14)29-13-28-21)23(26)18-12-16(25)5-9-20(18)30-24/h2-12,24-25H,13H2,1H3/b19-10+. The van der Waals surface area contributed by atoms with Crippen LogP contribution in [0.1, 0.15) is 27.6 Å². The van der Waals surface area contributed by atoms with Gasteiger partial charge < -0.3 is 24.1 Å². The molecule has 5 rings (SSSR count). The van der Waals surface area contributed by atoms with Gasteiger partial charge >= 0.3 is 0 Å². The summed E-state index contributed by atoms with van der Waals surface area (Å²) in [6, 6.07) is 17.4. The van der Waals surface area contributed by atoms with Crippen LogP contribution in [-0.2, 0) is 0 Å². The highest BCUT2D eigenvalue weighted by Gasteiger charge is 2.33. The first kappa shape index (κ1) is 18.1. The van der Waals surface area contributed by atoms with Crippen LogP contribution < -0.4 is 18.9 Å². The van der Waals surface area contributed by atoms with Crippen molar-refractivity contribution in [3.63, 3.8) is 0 Å². The van der Waals surface area contributed by atoms with Crippen molar-refractivity contribution in [3.8, 4) is 28.7 Å². The van der Waals surface area contributed by atoms with E-state index in [2.05, 4.69) is 0 Å². The minimum Gasteiger partial charge on any atom is -0.508 e. The molecule has 1 atom stereocenters. The van der Waals surface area contributed by atoms with Gasteiger partial charge in [-0.3, -0.25) is 4.79 Å². The molecule has 150 valence electrons. The molecule has 0 amide bonds. The summed E-state index contributed by atoms with van der Waals surface area (Å²) in [5.41, 5.74) is 2.38. The summed E-state index contributed by atoms with van der Waals surface area (Å²) in [7, 11) is 1.60. The van der Waals surface area contributed by atoms with Crippen LogP contribution in [0.25, 0.3) is 6.08 Å². The van der Waals surface area contributed by atoms with Crippen LogP contribution in [0.5, 0.6) is 28.7 Å². The number of benzene rings is 3. The number of ether oxygens (including phenoxy) is 4. The van der Waals surface area contributed by atoms with Gasteiger partial charge in [0.1, 0.15) is 17.2 Å². The molecule has 0 fully saturated rings. The number of phenols is 1. The molecule has 6 nitrogen and oxygen atoms in total. The number of ketones is 1. The Labute approximate surface area is 172 Å². The number of hydrogen-bond acceptors (Lipinski definition) is 6. The lowest BCUT2D eigenvalue weighted by Crippen LogP contribution is -2.23. The fourth-order valence-electron chi connectivity index (χ4n) is 3.61. The average molecular weight is 402 g/mol. The Balaban J connectivity index is 1.62. The molecule has 0 radical (unpaired) electrons. The summed E-state index contributed by atoms with van der Waals surface area (Å²) in [6.45, 7) is 0.179. The molecule has 0 spiro atoms. The van der Waals surface area contributed by atoms with Crippen molar-refractivity contribution in [3.05, 3.63) is 82.9 Å². The Bertz CT molecular complexity index is 1160. The molecule has 1 unspecified atom stereocenters. The van der Waals surface area contributed by atoms with Gasteiger partial charge in [-0.1, -0.05) is 18.2 Å². The predicted molar refractivity (Wildman–Crippen MR) is 109 cm³/mol. The maximum atomic E-state index is 13.4. The highest BCUT2D eigenvalue weighted by atomic mass is 16.7. The number of hydrogen-bond donors (Lipinski definition) is 1. The lowest BCUT2D eigenvalue weighted by atomic mass is 9.89. The largest absolute Gasteiger partial charge is 0.508 e. The van der Waals surface area contributed by atoms with E-state index in [4.69, 9.17) is 18.9 Å². The molecule has 30 heavy (non-hydrogen) atoms. The number of phenolic OH excluding ortho intramolecular Hbond substituents is 1. The van der Waals surface area contributed by atoms with Crippen molar-refractivity contribution in [1.82, 2.24) is 0 Å². The highest BCUT2D eigenvalue weighted by molar-refractivity contribution is 6.14. The first-order chi connectivity index (χ1) is 14.6. The fraction of sp³-hybridized carbons (Fsp3) is 0.125. The Morgan fingerprint density at radius 2 is 1.73 bits per heavy atom. The van der Waals surface area contributed by atoms with E-state index in [0.717, 1.165) is 11.1 Å². The number of fused-ring (bicyclic) bond motifs is 2. The van der Waals surface area contributed by atoms with Gasteiger partial charge in [-0.25, -0.2) is 0 Å². The smallest absolute Gasteiger partial charge is 0.231 e. The third-order valence-corrected chi connectivity index (χ3v) is 5.13. The number of rotatable bonds is 3. The molecule has 0 aromatic heterocycles. The fourth-order valence-corrected chi connectivity index (χ4v) is 3.61. The van der Waals surface area contributed by atoms with Crippen molar-refractivity contribution < 1.29 is 28.8 Å².